The fraction of sp³-hybridized carbons (Fsp3) is 0.462. The van der Waals surface area contributed by atoms with E-state index in [4.69, 9.17) is 9.47 Å². The second-order valence-electron chi connectivity index (χ2n) is 7.87. The van der Waals surface area contributed by atoms with Gasteiger partial charge in [0.2, 0.25) is 5.91 Å². The Labute approximate surface area is 196 Å². The Morgan fingerprint density at radius 3 is 2.42 bits per heavy atom. The monoisotopic (exact) mass is 456 g/mol. The van der Waals surface area contributed by atoms with Gasteiger partial charge in [-0.15, -0.1) is 0 Å². The highest BCUT2D eigenvalue weighted by atomic mass is 16.5. The van der Waals surface area contributed by atoms with Crippen LogP contribution in [0.2, 0.25) is 0 Å². The Kier molecular flexibility index (Phi) is 9.73. The van der Waals surface area contributed by atoms with E-state index in [0.717, 1.165) is 17.0 Å². The number of rotatable bonds is 11. The molecular weight excluding hydrogens is 420 g/mol. The van der Waals surface area contributed by atoms with Gasteiger partial charge in [0.05, 0.1) is 24.9 Å². The quantitative estimate of drug-likeness (QED) is 0.406. The van der Waals surface area contributed by atoms with E-state index in [-0.39, 0.29) is 19.1 Å². The summed E-state index contributed by atoms with van der Waals surface area (Å²) in [6.07, 6.45) is 2.43. The van der Waals surface area contributed by atoms with Crippen LogP contribution in [0.5, 0.6) is 5.75 Å². The number of carbonyl (C=O) groups is 2. The molecule has 0 saturated heterocycles. The molecule has 1 atom stereocenters. The van der Waals surface area contributed by atoms with Gasteiger partial charge in [-0.3, -0.25) is 4.79 Å². The zero-order valence-electron chi connectivity index (χ0n) is 20.6. The molecule has 7 heteroatoms. The van der Waals surface area contributed by atoms with Crippen LogP contribution in [0, 0.1) is 13.8 Å². The molecule has 180 valence electrons. The highest BCUT2D eigenvalue weighted by Crippen LogP contribution is 2.25. The second kappa shape index (κ2) is 12.3. The first kappa shape index (κ1) is 26.2. The summed E-state index contributed by atoms with van der Waals surface area (Å²) in [5, 5.41) is 9.99. The van der Waals surface area contributed by atoms with Gasteiger partial charge in [-0.1, -0.05) is 18.2 Å². The molecular formula is C26H36N2O5. The van der Waals surface area contributed by atoms with Crippen molar-refractivity contribution in [1.82, 2.24) is 9.47 Å². The smallest absolute Gasteiger partial charge is 0.340 e. The number of hydrogen-bond donors (Lipinski definition) is 1. The van der Waals surface area contributed by atoms with Crippen LogP contribution >= 0.6 is 0 Å². The van der Waals surface area contributed by atoms with Gasteiger partial charge in [-0.05, 0) is 53.7 Å². The van der Waals surface area contributed by atoms with E-state index in [1.807, 2.05) is 56.5 Å². The van der Waals surface area contributed by atoms with Crippen LogP contribution in [-0.2, 0) is 22.6 Å². The van der Waals surface area contributed by atoms with E-state index in [0.29, 0.717) is 36.6 Å². The first-order valence-electron chi connectivity index (χ1n) is 11.5. The van der Waals surface area contributed by atoms with Crippen LogP contribution in [0.15, 0.2) is 30.3 Å². The summed E-state index contributed by atoms with van der Waals surface area (Å²) in [5.41, 5.74) is 3.72. The van der Waals surface area contributed by atoms with E-state index in [9.17, 15) is 14.7 Å². The number of nitrogens with zero attached hydrogens (tertiary/aromatic N) is 2. The lowest BCUT2D eigenvalue weighted by Crippen LogP contribution is -2.35. The number of aliphatic hydroxyl groups excluding tert-OH is 1. The molecule has 0 fully saturated rings. The zero-order chi connectivity index (χ0) is 24.5. The zero-order valence-corrected chi connectivity index (χ0v) is 20.6. The molecule has 2 rings (SSSR count). The van der Waals surface area contributed by atoms with Gasteiger partial charge < -0.3 is 24.0 Å². The predicted molar refractivity (Wildman–Crippen MR) is 129 cm³/mol. The van der Waals surface area contributed by atoms with Crippen molar-refractivity contribution in [2.45, 2.75) is 60.7 Å². The van der Waals surface area contributed by atoms with E-state index in [2.05, 4.69) is 0 Å². The molecule has 0 aliphatic heterocycles. The molecule has 1 amide bonds. The van der Waals surface area contributed by atoms with Gasteiger partial charge in [-0.2, -0.15) is 0 Å². The minimum absolute atomic E-state index is 0.169. The van der Waals surface area contributed by atoms with Gasteiger partial charge in [-0.25, -0.2) is 4.79 Å². The van der Waals surface area contributed by atoms with Crippen LogP contribution in [0.3, 0.4) is 0 Å². The molecule has 1 aromatic carbocycles. The third-order valence-corrected chi connectivity index (χ3v) is 5.45. The highest BCUT2D eigenvalue weighted by molar-refractivity contribution is 5.98. The molecule has 0 saturated carbocycles. The number of aliphatic hydroxyl groups is 1. The van der Waals surface area contributed by atoms with Gasteiger partial charge in [0.25, 0.3) is 0 Å². The van der Waals surface area contributed by atoms with Gasteiger partial charge >= 0.3 is 5.97 Å². The fourth-order valence-electron chi connectivity index (χ4n) is 3.99. The molecule has 0 spiro atoms. The van der Waals surface area contributed by atoms with Gasteiger partial charge in [0.1, 0.15) is 5.75 Å². The Balaban J connectivity index is 2.38. The molecule has 33 heavy (non-hydrogen) atoms. The SMILES string of the molecule is CCOC(=O)c1c(/C=C/C(=O)N(Cc2ccccc2OCC)C[C@H](C)O)c(C)n(CC)c1C. The molecule has 7 nitrogen and oxygen atoms in total. The molecule has 0 aliphatic carbocycles. The van der Waals surface area contributed by atoms with Crippen LogP contribution in [0.4, 0.5) is 0 Å². The van der Waals surface area contributed by atoms with Crippen molar-refractivity contribution in [3.05, 3.63) is 58.4 Å². The maximum atomic E-state index is 13.2. The number of benzene rings is 1. The molecule has 0 aliphatic rings. The van der Waals surface area contributed by atoms with Crippen molar-refractivity contribution in [1.29, 1.82) is 0 Å². The standard InChI is InChI=1S/C26H36N2O5/c1-7-28-19(5)22(25(20(28)6)26(31)33-9-3)14-15-24(30)27(16-18(4)29)17-21-12-10-11-13-23(21)32-8-2/h10-15,18,29H,7-9,16-17H2,1-6H3/b15-14+/t18-/m0/s1. The normalized spacial score (nSPS) is 12.1. The van der Waals surface area contributed by atoms with E-state index in [1.165, 1.54) is 6.08 Å². The third kappa shape index (κ3) is 6.48. The largest absolute Gasteiger partial charge is 0.494 e. The summed E-state index contributed by atoms with van der Waals surface area (Å²) in [6.45, 7) is 13.1. The summed E-state index contributed by atoms with van der Waals surface area (Å²) >= 11 is 0. The average molecular weight is 457 g/mol. The average Bonchev–Trinajstić information content (AvgIpc) is 3.01. The number of carbonyl (C=O) groups excluding carboxylic acids is 2. The van der Waals surface area contributed by atoms with E-state index < -0.39 is 12.1 Å². The fourth-order valence-corrected chi connectivity index (χ4v) is 3.99. The Bertz CT molecular complexity index is 991. The number of hydrogen-bond acceptors (Lipinski definition) is 5. The van der Waals surface area contributed by atoms with E-state index in [1.54, 1.807) is 24.8 Å². The summed E-state index contributed by atoms with van der Waals surface area (Å²) < 4.78 is 13.0. The number of ether oxygens (including phenoxy) is 2. The maximum Gasteiger partial charge on any atom is 0.340 e. The Hall–Kier alpha value is -3.06. The lowest BCUT2D eigenvalue weighted by atomic mass is 10.1. The first-order valence-corrected chi connectivity index (χ1v) is 11.5. The molecule has 1 N–H and O–H groups in total. The van der Waals surface area contributed by atoms with E-state index >= 15 is 0 Å². The minimum atomic E-state index is -0.693. The van der Waals surface area contributed by atoms with Crippen molar-refractivity contribution >= 4 is 18.0 Å². The third-order valence-electron chi connectivity index (χ3n) is 5.45. The molecule has 0 radical (unpaired) electrons. The molecule has 1 aromatic heterocycles. The van der Waals surface area contributed by atoms with Gasteiger partial charge in [0, 0.05) is 48.2 Å². The number of amides is 1. The molecule has 1 heterocycles. The summed E-state index contributed by atoms with van der Waals surface area (Å²) in [5.74, 6) is 0.0469. The maximum absolute atomic E-state index is 13.2. The summed E-state index contributed by atoms with van der Waals surface area (Å²) in [7, 11) is 0. The van der Waals surface area contributed by atoms with Gasteiger partial charge in [0.15, 0.2) is 0 Å². The van der Waals surface area contributed by atoms with Crippen LogP contribution in [0.1, 0.15) is 60.6 Å². The predicted octanol–water partition coefficient (Wildman–Crippen LogP) is 4.12. The lowest BCUT2D eigenvalue weighted by molar-refractivity contribution is -0.127. The van der Waals surface area contributed by atoms with Crippen molar-refractivity contribution in [2.75, 3.05) is 19.8 Å². The van der Waals surface area contributed by atoms with Crippen LogP contribution in [0.25, 0.3) is 6.08 Å². The van der Waals surface area contributed by atoms with Crippen molar-refractivity contribution in [2.24, 2.45) is 0 Å². The lowest BCUT2D eigenvalue weighted by Gasteiger charge is -2.24. The number of aromatic nitrogens is 1. The number of para-hydroxylation sites is 1. The molecule has 0 unspecified atom stereocenters. The van der Waals surface area contributed by atoms with Crippen molar-refractivity contribution in [3.8, 4) is 5.75 Å². The molecule has 2 aromatic rings. The van der Waals surface area contributed by atoms with Crippen LogP contribution < -0.4 is 4.74 Å². The Morgan fingerprint density at radius 2 is 1.82 bits per heavy atom. The molecule has 0 bridgehead atoms. The summed E-state index contributed by atoms with van der Waals surface area (Å²) in [6, 6.07) is 7.55. The van der Waals surface area contributed by atoms with Crippen molar-refractivity contribution < 1.29 is 24.2 Å². The van der Waals surface area contributed by atoms with Crippen molar-refractivity contribution in [3.63, 3.8) is 0 Å². The topological polar surface area (TPSA) is 81.0 Å². The first-order chi connectivity index (χ1) is 15.7. The minimum Gasteiger partial charge on any atom is -0.494 e. The summed E-state index contributed by atoms with van der Waals surface area (Å²) in [4.78, 5) is 27.4. The van der Waals surface area contributed by atoms with Crippen LogP contribution in [-0.4, -0.2) is 52.3 Å². The number of esters is 1. The second-order valence-corrected chi connectivity index (χ2v) is 7.87. The Morgan fingerprint density at radius 1 is 1.12 bits per heavy atom. The highest BCUT2D eigenvalue weighted by Gasteiger charge is 2.23.